The number of hydrogen-bond acceptors (Lipinski definition) is 10. The van der Waals surface area contributed by atoms with Crippen molar-refractivity contribution >= 4 is 23.9 Å². The van der Waals surface area contributed by atoms with Gasteiger partial charge in [0.25, 0.3) is 0 Å². The highest BCUT2D eigenvalue weighted by Crippen LogP contribution is 2.17. The van der Waals surface area contributed by atoms with E-state index >= 15 is 0 Å². The molecule has 0 amide bonds. The average Bonchev–Trinajstić information content (AvgIpc) is 3.13. The number of carbonyl (C=O) groups is 4. The predicted octanol–water partition coefficient (Wildman–Crippen LogP) is 8.41. The van der Waals surface area contributed by atoms with Crippen LogP contribution in [-0.4, -0.2) is 62.5 Å². The molecule has 0 aliphatic heterocycles. The van der Waals surface area contributed by atoms with Crippen molar-refractivity contribution in [2.24, 2.45) is 0 Å². The minimum atomic E-state index is -0.690. The van der Waals surface area contributed by atoms with Gasteiger partial charge in [-0.2, -0.15) is 0 Å². The Morgan fingerprint density at radius 2 is 0.780 bits per heavy atom. The normalized spacial score (nSPS) is 11.9. The molecule has 0 aliphatic carbocycles. The Morgan fingerprint density at radius 3 is 1.12 bits per heavy atom. The van der Waals surface area contributed by atoms with Crippen LogP contribution in [0.5, 0.6) is 11.5 Å². The third-order valence-electron chi connectivity index (χ3n) is 7.58. The molecule has 0 aromatic heterocycles. The highest BCUT2D eigenvalue weighted by Gasteiger charge is 2.18. The summed E-state index contributed by atoms with van der Waals surface area (Å²) < 4.78 is 32.8. The smallest absolute Gasteiger partial charge is 0.338 e. The zero-order valence-corrected chi connectivity index (χ0v) is 29.7. The van der Waals surface area contributed by atoms with Crippen molar-refractivity contribution in [2.75, 3.05) is 26.4 Å². The van der Waals surface area contributed by atoms with Gasteiger partial charge in [-0.1, -0.05) is 52.4 Å². The van der Waals surface area contributed by atoms with E-state index in [1.165, 1.54) is 37.1 Å². The standard InChI is InChI=1S/C40H50O10/c1-5-7-9-11-25-45-35-21-17-33(18-22-35)39(43)49-29(3)27-47-37(41)31-13-15-32(16-14-31)38(42)48-28-30(4)50-40(44)34-19-23-36(24-20-34)46-26-12-10-8-6-2/h13-24,29-30H,5-12,25-28H2,1-4H3. The van der Waals surface area contributed by atoms with Crippen molar-refractivity contribution in [3.05, 3.63) is 95.1 Å². The fourth-order valence-electron chi connectivity index (χ4n) is 4.68. The minimum Gasteiger partial charge on any atom is -0.494 e. The molecule has 0 aliphatic rings. The van der Waals surface area contributed by atoms with Crippen LogP contribution in [0.3, 0.4) is 0 Å². The summed E-state index contributed by atoms with van der Waals surface area (Å²) in [6.07, 6.45) is 7.52. The van der Waals surface area contributed by atoms with Gasteiger partial charge in [0.15, 0.2) is 0 Å². The SMILES string of the molecule is CCCCCCOc1ccc(C(=O)OC(C)COC(=O)c2ccc(C(=O)OCC(C)OC(=O)c3ccc(OCCCCCC)cc3)cc2)cc1. The summed E-state index contributed by atoms with van der Waals surface area (Å²) in [5, 5.41) is 0. The van der Waals surface area contributed by atoms with Crippen LogP contribution in [0.2, 0.25) is 0 Å². The van der Waals surface area contributed by atoms with E-state index in [0.29, 0.717) is 35.8 Å². The summed E-state index contributed by atoms with van der Waals surface area (Å²) in [6, 6.07) is 19.2. The van der Waals surface area contributed by atoms with Gasteiger partial charge < -0.3 is 28.4 Å². The maximum absolute atomic E-state index is 12.6. The quantitative estimate of drug-likeness (QED) is 0.0577. The Labute approximate surface area is 295 Å². The maximum Gasteiger partial charge on any atom is 0.338 e. The largest absolute Gasteiger partial charge is 0.494 e. The molecular formula is C40H50O10. The first kappa shape index (κ1) is 39.6. The van der Waals surface area contributed by atoms with Crippen LogP contribution in [0, 0.1) is 0 Å². The molecule has 0 saturated heterocycles. The molecule has 0 saturated carbocycles. The molecule has 0 bridgehead atoms. The fraction of sp³-hybridized carbons (Fsp3) is 0.450. The molecule has 270 valence electrons. The molecule has 0 radical (unpaired) electrons. The van der Waals surface area contributed by atoms with E-state index in [1.807, 2.05) is 0 Å². The summed E-state index contributed by atoms with van der Waals surface area (Å²) in [5.74, 6) is -0.983. The monoisotopic (exact) mass is 690 g/mol. The summed E-state index contributed by atoms with van der Waals surface area (Å²) in [4.78, 5) is 50.1. The molecule has 3 aromatic carbocycles. The van der Waals surface area contributed by atoms with Crippen molar-refractivity contribution in [1.29, 1.82) is 0 Å². The van der Waals surface area contributed by atoms with Crippen molar-refractivity contribution in [3.8, 4) is 11.5 Å². The van der Waals surface area contributed by atoms with Gasteiger partial charge in [-0.3, -0.25) is 0 Å². The molecule has 10 nitrogen and oxygen atoms in total. The van der Waals surface area contributed by atoms with Gasteiger partial charge in [-0.25, -0.2) is 19.2 Å². The van der Waals surface area contributed by atoms with Gasteiger partial charge >= 0.3 is 23.9 Å². The van der Waals surface area contributed by atoms with E-state index in [4.69, 9.17) is 28.4 Å². The lowest BCUT2D eigenvalue weighted by Gasteiger charge is -2.15. The topological polar surface area (TPSA) is 124 Å². The zero-order valence-electron chi connectivity index (χ0n) is 29.7. The van der Waals surface area contributed by atoms with Crippen LogP contribution in [0.1, 0.15) is 120 Å². The molecule has 0 heterocycles. The van der Waals surface area contributed by atoms with E-state index < -0.39 is 36.1 Å². The van der Waals surface area contributed by atoms with Crippen molar-refractivity contribution < 1.29 is 47.6 Å². The van der Waals surface area contributed by atoms with Gasteiger partial charge in [0.2, 0.25) is 0 Å². The molecule has 0 N–H and O–H groups in total. The van der Waals surface area contributed by atoms with Crippen molar-refractivity contribution in [2.45, 2.75) is 91.3 Å². The summed E-state index contributed by atoms with van der Waals surface area (Å²) in [5.41, 5.74) is 1.14. The second-order valence-corrected chi connectivity index (χ2v) is 12.1. The first-order valence-electron chi connectivity index (χ1n) is 17.5. The zero-order chi connectivity index (χ0) is 36.1. The summed E-state index contributed by atoms with van der Waals surface area (Å²) in [7, 11) is 0. The fourth-order valence-corrected chi connectivity index (χ4v) is 4.68. The molecule has 2 unspecified atom stereocenters. The lowest BCUT2D eigenvalue weighted by atomic mass is 10.1. The number of ether oxygens (including phenoxy) is 6. The first-order valence-corrected chi connectivity index (χ1v) is 17.5. The molecule has 0 fully saturated rings. The minimum absolute atomic E-state index is 0.152. The average molecular weight is 691 g/mol. The van der Waals surface area contributed by atoms with E-state index in [9.17, 15) is 19.2 Å². The third-order valence-corrected chi connectivity index (χ3v) is 7.58. The van der Waals surface area contributed by atoms with Crippen LogP contribution in [0.15, 0.2) is 72.8 Å². The third kappa shape index (κ3) is 14.3. The van der Waals surface area contributed by atoms with E-state index in [-0.39, 0.29) is 24.3 Å². The molecule has 3 aromatic rings. The molecule has 2 atom stereocenters. The number of benzene rings is 3. The number of rotatable bonds is 22. The van der Waals surface area contributed by atoms with Gasteiger partial charge in [0.1, 0.15) is 36.9 Å². The van der Waals surface area contributed by atoms with Crippen LogP contribution in [-0.2, 0) is 18.9 Å². The van der Waals surface area contributed by atoms with E-state index in [2.05, 4.69) is 13.8 Å². The van der Waals surface area contributed by atoms with Crippen molar-refractivity contribution in [3.63, 3.8) is 0 Å². The molecule has 10 heteroatoms. The Bertz CT molecular complexity index is 1350. The van der Waals surface area contributed by atoms with Crippen molar-refractivity contribution in [1.82, 2.24) is 0 Å². The Morgan fingerprint density at radius 1 is 0.460 bits per heavy atom. The van der Waals surface area contributed by atoms with Crippen LogP contribution in [0.25, 0.3) is 0 Å². The lowest BCUT2D eigenvalue weighted by molar-refractivity contribution is 0.00421. The summed E-state index contributed by atoms with van der Waals surface area (Å²) >= 11 is 0. The number of unbranched alkanes of at least 4 members (excludes halogenated alkanes) is 6. The van der Waals surface area contributed by atoms with E-state index in [1.54, 1.807) is 62.4 Å². The van der Waals surface area contributed by atoms with E-state index in [0.717, 1.165) is 38.5 Å². The first-order chi connectivity index (χ1) is 24.2. The second kappa shape index (κ2) is 22.0. The predicted molar refractivity (Wildman–Crippen MR) is 189 cm³/mol. The van der Waals surface area contributed by atoms with Gasteiger partial charge in [0.05, 0.1) is 35.5 Å². The van der Waals surface area contributed by atoms with Crippen LogP contribution in [0.4, 0.5) is 0 Å². The Balaban J connectivity index is 1.35. The second-order valence-electron chi connectivity index (χ2n) is 12.1. The van der Waals surface area contributed by atoms with Gasteiger partial charge in [-0.15, -0.1) is 0 Å². The molecular weight excluding hydrogens is 640 g/mol. The number of esters is 4. The maximum atomic E-state index is 12.6. The molecule has 0 spiro atoms. The van der Waals surface area contributed by atoms with Crippen LogP contribution < -0.4 is 9.47 Å². The molecule has 3 rings (SSSR count). The van der Waals surface area contributed by atoms with Gasteiger partial charge in [-0.05, 0) is 99.5 Å². The summed E-state index contributed by atoms with van der Waals surface area (Å²) in [6.45, 7) is 8.52. The lowest BCUT2D eigenvalue weighted by Crippen LogP contribution is -2.23. The number of hydrogen-bond donors (Lipinski definition) is 0. The molecule has 50 heavy (non-hydrogen) atoms. The highest BCUT2D eigenvalue weighted by molar-refractivity contribution is 5.93. The number of carbonyl (C=O) groups excluding carboxylic acids is 4. The Hall–Kier alpha value is -4.86. The van der Waals surface area contributed by atoms with Gasteiger partial charge in [0, 0.05) is 0 Å². The Kier molecular flexibility index (Phi) is 17.4. The highest BCUT2D eigenvalue weighted by atomic mass is 16.6. The van der Waals surface area contributed by atoms with Crippen LogP contribution >= 0.6 is 0 Å².